The van der Waals surface area contributed by atoms with Crippen molar-refractivity contribution >= 4 is 5.69 Å². The number of halogens is 3. The summed E-state index contributed by atoms with van der Waals surface area (Å²) >= 11 is 0. The summed E-state index contributed by atoms with van der Waals surface area (Å²) in [5.74, 6) is 0.369. The highest BCUT2D eigenvalue weighted by Crippen LogP contribution is 2.37. The lowest BCUT2D eigenvalue weighted by atomic mass is 10.0. The van der Waals surface area contributed by atoms with Crippen molar-refractivity contribution in [2.45, 2.75) is 33.5 Å². The second-order valence-electron chi connectivity index (χ2n) is 6.53. The van der Waals surface area contributed by atoms with Crippen LogP contribution in [0.4, 0.5) is 18.9 Å². The van der Waals surface area contributed by atoms with E-state index in [2.05, 4.69) is 9.83 Å². The van der Waals surface area contributed by atoms with Gasteiger partial charge in [-0.05, 0) is 37.6 Å². The molecule has 0 aliphatic carbocycles. The number of rotatable bonds is 3. The molecule has 2 heterocycles. The third kappa shape index (κ3) is 3.69. The Hall–Kier alpha value is -3.34. The van der Waals surface area contributed by atoms with Gasteiger partial charge in [-0.2, -0.15) is 13.2 Å². The summed E-state index contributed by atoms with van der Waals surface area (Å²) in [6.45, 7) is 12.2. The van der Waals surface area contributed by atoms with E-state index < -0.39 is 23.0 Å². The van der Waals surface area contributed by atoms with Crippen molar-refractivity contribution in [2.24, 2.45) is 0 Å². The zero-order chi connectivity index (χ0) is 20.6. The first kappa shape index (κ1) is 19.4. The van der Waals surface area contributed by atoms with Gasteiger partial charge in [0.1, 0.15) is 6.26 Å². The number of nitrogens with zero attached hydrogens (tertiary/aromatic N) is 3. The lowest BCUT2D eigenvalue weighted by Gasteiger charge is -2.18. The van der Waals surface area contributed by atoms with E-state index in [4.69, 9.17) is 11.0 Å². The Labute approximate surface area is 158 Å². The minimum absolute atomic E-state index is 0.0668. The zero-order valence-electron chi connectivity index (χ0n) is 15.4. The van der Waals surface area contributed by atoms with Crippen molar-refractivity contribution in [2.75, 3.05) is 0 Å². The Kier molecular flexibility index (Phi) is 4.86. The Morgan fingerprint density at radius 1 is 1.14 bits per heavy atom. The van der Waals surface area contributed by atoms with Crippen LogP contribution < -0.4 is 5.56 Å². The molecule has 1 aromatic carbocycles. The molecule has 0 unspecified atom stereocenters. The highest BCUT2D eigenvalue weighted by molar-refractivity contribution is 5.67. The average Bonchev–Trinajstić information content (AvgIpc) is 2.99. The van der Waals surface area contributed by atoms with Crippen LogP contribution in [0, 0.1) is 27.3 Å². The largest absolute Gasteiger partial charge is 0.449 e. The molecule has 0 saturated carbocycles. The lowest BCUT2D eigenvalue weighted by Crippen LogP contribution is -2.25. The Balaban J connectivity index is 2.35. The van der Waals surface area contributed by atoms with Crippen LogP contribution in [-0.2, 0) is 12.7 Å². The van der Waals surface area contributed by atoms with Crippen LogP contribution in [-0.4, -0.2) is 9.55 Å². The van der Waals surface area contributed by atoms with Gasteiger partial charge in [0.25, 0.3) is 11.2 Å². The van der Waals surface area contributed by atoms with Crippen LogP contribution >= 0.6 is 0 Å². The third-order valence-corrected chi connectivity index (χ3v) is 4.20. The van der Waals surface area contributed by atoms with Crippen molar-refractivity contribution < 1.29 is 17.6 Å². The molecular weight excluding hydrogens is 371 g/mol. The second-order valence-corrected chi connectivity index (χ2v) is 6.53. The molecule has 0 amide bonds. The third-order valence-electron chi connectivity index (χ3n) is 4.20. The molecule has 5 nitrogen and oxygen atoms in total. The molecule has 0 aliphatic heterocycles. The van der Waals surface area contributed by atoms with E-state index in [9.17, 15) is 18.0 Å². The van der Waals surface area contributed by atoms with Crippen LogP contribution in [0.1, 0.15) is 28.3 Å². The summed E-state index contributed by atoms with van der Waals surface area (Å²) in [6, 6.07) is 6.13. The minimum atomic E-state index is -4.82. The van der Waals surface area contributed by atoms with Crippen LogP contribution in [0.5, 0.6) is 0 Å². The first-order valence-electron chi connectivity index (χ1n) is 8.32. The molecule has 8 heteroatoms. The number of aromatic nitrogens is 2. The average molecular weight is 387 g/mol. The van der Waals surface area contributed by atoms with Crippen LogP contribution in [0.3, 0.4) is 0 Å². The quantitative estimate of drug-likeness (QED) is 0.591. The first-order valence-corrected chi connectivity index (χ1v) is 8.32. The van der Waals surface area contributed by atoms with Gasteiger partial charge in [0, 0.05) is 12.6 Å². The van der Waals surface area contributed by atoms with E-state index >= 15 is 0 Å². The van der Waals surface area contributed by atoms with Gasteiger partial charge >= 0.3 is 6.18 Å². The van der Waals surface area contributed by atoms with E-state index in [1.807, 2.05) is 19.9 Å². The van der Waals surface area contributed by atoms with Gasteiger partial charge in [-0.25, -0.2) is 9.83 Å². The summed E-state index contributed by atoms with van der Waals surface area (Å²) in [6.07, 6.45) is -3.49. The van der Waals surface area contributed by atoms with Crippen LogP contribution in [0.25, 0.3) is 16.1 Å². The molecule has 28 heavy (non-hydrogen) atoms. The van der Waals surface area contributed by atoms with Gasteiger partial charge in [0.2, 0.25) is 0 Å². The topological polar surface area (TPSA) is 52.4 Å². The SMILES string of the molecule is [C-]#[N+]c1c(C(F)(F)F)cc(-c2cc(C)cc(C)c2)n(Cc2coc(C)n2)c1=O. The van der Waals surface area contributed by atoms with Crippen molar-refractivity contribution in [3.63, 3.8) is 0 Å². The number of alkyl halides is 3. The molecule has 0 atom stereocenters. The lowest BCUT2D eigenvalue weighted by molar-refractivity contribution is -0.136. The first-order chi connectivity index (χ1) is 13.1. The Bertz CT molecular complexity index is 1130. The van der Waals surface area contributed by atoms with E-state index in [1.165, 1.54) is 6.26 Å². The molecule has 3 rings (SSSR count). The zero-order valence-corrected chi connectivity index (χ0v) is 15.4. The second kappa shape index (κ2) is 7.00. The number of hydrogen-bond donors (Lipinski definition) is 0. The van der Waals surface area contributed by atoms with Crippen molar-refractivity contribution in [3.05, 3.63) is 80.6 Å². The number of aryl methyl sites for hydroxylation is 3. The fourth-order valence-corrected chi connectivity index (χ4v) is 3.12. The predicted molar refractivity (Wildman–Crippen MR) is 97.2 cm³/mol. The predicted octanol–water partition coefficient (Wildman–Crippen LogP) is 5.05. The van der Waals surface area contributed by atoms with Crippen molar-refractivity contribution in [1.82, 2.24) is 9.55 Å². The molecule has 0 aliphatic rings. The maximum atomic E-state index is 13.5. The molecule has 0 saturated heterocycles. The highest BCUT2D eigenvalue weighted by Gasteiger charge is 2.36. The minimum Gasteiger partial charge on any atom is -0.449 e. The molecule has 2 aromatic heterocycles. The van der Waals surface area contributed by atoms with E-state index in [1.54, 1.807) is 19.1 Å². The Morgan fingerprint density at radius 3 is 2.29 bits per heavy atom. The van der Waals surface area contributed by atoms with Crippen LogP contribution in [0.15, 0.2) is 39.7 Å². The normalized spacial score (nSPS) is 11.5. The molecular formula is C20H16F3N3O2. The van der Waals surface area contributed by atoms with Crippen molar-refractivity contribution in [1.29, 1.82) is 0 Å². The fraction of sp³-hybridized carbons (Fsp3) is 0.250. The highest BCUT2D eigenvalue weighted by atomic mass is 19.4. The maximum absolute atomic E-state index is 13.5. The maximum Gasteiger partial charge on any atom is 0.407 e. The number of benzene rings is 1. The summed E-state index contributed by atoms with van der Waals surface area (Å²) in [7, 11) is 0. The number of hydrogen-bond acceptors (Lipinski definition) is 3. The van der Waals surface area contributed by atoms with E-state index in [-0.39, 0.29) is 12.2 Å². The van der Waals surface area contributed by atoms with Gasteiger partial charge in [-0.15, -0.1) is 0 Å². The smallest absolute Gasteiger partial charge is 0.407 e. The van der Waals surface area contributed by atoms with E-state index in [0.29, 0.717) is 17.1 Å². The molecule has 144 valence electrons. The van der Waals surface area contributed by atoms with Gasteiger partial charge < -0.3 is 8.98 Å². The Morgan fingerprint density at radius 2 is 1.79 bits per heavy atom. The number of pyridine rings is 1. The molecule has 3 aromatic rings. The monoisotopic (exact) mass is 387 g/mol. The van der Waals surface area contributed by atoms with Crippen molar-refractivity contribution in [3.8, 4) is 11.3 Å². The summed E-state index contributed by atoms with van der Waals surface area (Å²) in [5.41, 5.74) is -0.632. The van der Waals surface area contributed by atoms with Gasteiger partial charge in [0.05, 0.1) is 24.4 Å². The van der Waals surface area contributed by atoms with Gasteiger partial charge in [0.15, 0.2) is 5.89 Å². The van der Waals surface area contributed by atoms with E-state index in [0.717, 1.165) is 21.8 Å². The molecule has 0 bridgehead atoms. The standard InChI is InChI=1S/C20H16F3N3O2/c1-11-5-12(2)7-14(6-11)17-8-16(20(21,22)23)18(24-4)19(27)26(17)9-15-10-28-13(3)25-15/h5-8,10H,9H2,1-3H3. The van der Waals surface area contributed by atoms with Gasteiger partial charge in [-0.1, -0.05) is 17.2 Å². The van der Waals surface area contributed by atoms with Crippen LogP contribution in [0.2, 0.25) is 0 Å². The summed E-state index contributed by atoms with van der Waals surface area (Å²) in [5, 5.41) is 0. The molecule has 0 radical (unpaired) electrons. The summed E-state index contributed by atoms with van der Waals surface area (Å²) < 4.78 is 46.8. The fourth-order valence-electron chi connectivity index (χ4n) is 3.12. The number of oxazole rings is 1. The summed E-state index contributed by atoms with van der Waals surface area (Å²) in [4.78, 5) is 19.8. The molecule has 0 spiro atoms. The molecule has 0 N–H and O–H groups in total. The van der Waals surface area contributed by atoms with Gasteiger partial charge in [-0.3, -0.25) is 4.79 Å². The molecule has 0 fully saturated rings.